The van der Waals surface area contributed by atoms with Crippen molar-refractivity contribution in [1.29, 1.82) is 0 Å². The standard InChI is InChI=1S/C22H24ClNO5/c1-26-15-5-6-19(27-2)17(11-15)13-8-14-9-16(29-21(14)18(23)10-13)12-24-22(25)20-4-3-7-28-20/h5-6,8,10-11,16,20H,3-4,7,9,12H2,1-2H3,(H,24,25)/t16-,20+/m1/s1. The SMILES string of the molecule is COc1ccc(OC)c(-c2cc(Cl)c3c(c2)C[C@H](CNC(=O)[C@@H]2CCCO2)O3)c1. The molecule has 2 aromatic carbocycles. The highest BCUT2D eigenvalue weighted by molar-refractivity contribution is 6.32. The summed E-state index contributed by atoms with van der Waals surface area (Å²) in [4.78, 5) is 12.2. The van der Waals surface area contributed by atoms with Gasteiger partial charge >= 0.3 is 0 Å². The van der Waals surface area contributed by atoms with Crippen molar-refractivity contribution in [3.05, 3.63) is 40.9 Å². The fourth-order valence-corrected chi connectivity index (χ4v) is 4.09. The third-order valence-electron chi connectivity index (χ3n) is 5.30. The van der Waals surface area contributed by atoms with Gasteiger partial charge in [0.05, 0.1) is 25.8 Å². The lowest BCUT2D eigenvalue weighted by Crippen LogP contribution is -2.40. The van der Waals surface area contributed by atoms with Gasteiger partial charge in [0.2, 0.25) is 5.91 Å². The zero-order valence-electron chi connectivity index (χ0n) is 16.5. The molecule has 6 nitrogen and oxygen atoms in total. The van der Waals surface area contributed by atoms with Gasteiger partial charge in [-0.15, -0.1) is 0 Å². The molecule has 7 heteroatoms. The van der Waals surface area contributed by atoms with E-state index < -0.39 is 0 Å². The molecule has 0 radical (unpaired) electrons. The van der Waals surface area contributed by atoms with Gasteiger partial charge in [-0.2, -0.15) is 0 Å². The number of hydrogen-bond donors (Lipinski definition) is 1. The Morgan fingerprint density at radius 1 is 1.24 bits per heavy atom. The molecule has 0 saturated carbocycles. The van der Waals surface area contributed by atoms with Crippen LogP contribution in [0.15, 0.2) is 30.3 Å². The number of methoxy groups -OCH3 is 2. The first-order valence-electron chi connectivity index (χ1n) is 9.70. The Labute approximate surface area is 175 Å². The minimum atomic E-state index is -0.338. The second-order valence-electron chi connectivity index (χ2n) is 7.20. The van der Waals surface area contributed by atoms with Crippen molar-refractivity contribution in [2.24, 2.45) is 0 Å². The molecular formula is C22H24ClNO5. The Bertz CT molecular complexity index is 910. The minimum Gasteiger partial charge on any atom is -0.497 e. The van der Waals surface area contributed by atoms with Crippen LogP contribution in [0.5, 0.6) is 17.2 Å². The molecule has 0 aromatic heterocycles. The summed E-state index contributed by atoms with van der Waals surface area (Å²) in [6, 6.07) is 9.57. The first-order chi connectivity index (χ1) is 14.1. The summed E-state index contributed by atoms with van der Waals surface area (Å²) in [7, 11) is 3.26. The van der Waals surface area contributed by atoms with Gasteiger partial charge in [-0.25, -0.2) is 0 Å². The number of nitrogens with one attached hydrogen (secondary N) is 1. The van der Waals surface area contributed by atoms with Gasteiger partial charge in [-0.05, 0) is 48.7 Å². The molecule has 2 atom stereocenters. The fraction of sp³-hybridized carbons (Fsp3) is 0.409. The molecule has 0 unspecified atom stereocenters. The van der Waals surface area contributed by atoms with Crippen LogP contribution in [0.4, 0.5) is 0 Å². The minimum absolute atomic E-state index is 0.0741. The normalized spacial score (nSPS) is 20.1. The summed E-state index contributed by atoms with van der Waals surface area (Å²) in [5.74, 6) is 2.08. The van der Waals surface area contributed by atoms with E-state index in [0.29, 0.717) is 30.3 Å². The molecule has 1 saturated heterocycles. The smallest absolute Gasteiger partial charge is 0.249 e. The number of halogens is 1. The van der Waals surface area contributed by atoms with Gasteiger partial charge in [0.1, 0.15) is 29.5 Å². The van der Waals surface area contributed by atoms with E-state index in [2.05, 4.69) is 11.4 Å². The summed E-state index contributed by atoms with van der Waals surface area (Å²) in [5, 5.41) is 3.47. The van der Waals surface area contributed by atoms with Crippen molar-refractivity contribution < 1.29 is 23.7 Å². The average Bonchev–Trinajstić information content (AvgIpc) is 3.41. The van der Waals surface area contributed by atoms with Crippen LogP contribution >= 0.6 is 11.6 Å². The molecule has 0 aliphatic carbocycles. The fourth-order valence-electron chi connectivity index (χ4n) is 3.81. The highest BCUT2D eigenvalue weighted by Crippen LogP contribution is 2.42. The maximum Gasteiger partial charge on any atom is 0.249 e. The molecule has 2 aliphatic rings. The molecule has 1 amide bonds. The van der Waals surface area contributed by atoms with Crippen LogP contribution in [0.25, 0.3) is 11.1 Å². The second kappa shape index (κ2) is 8.51. The summed E-state index contributed by atoms with van der Waals surface area (Å²) >= 11 is 6.52. The number of carbonyl (C=O) groups excluding carboxylic acids is 1. The van der Waals surface area contributed by atoms with E-state index in [1.54, 1.807) is 14.2 Å². The summed E-state index contributed by atoms with van der Waals surface area (Å²) in [6.07, 6.45) is 1.87. The van der Waals surface area contributed by atoms with Crippen LogP contribution in [0, 0.1) is 0 Å². The Balaban J connectivity index is 1.50. The first kappa shape index (κ1) is 19.9. The van der Waals surface area contributed by atoms with Crippen molar-refractivity contribution >= 4 is 17.5 Å². The van der Waals surface area contributed by atoms with Gasteiger partial charge in [-0.1, -0.05) is 11.6 Å². The predicted molar refractivity (Wildman–Crippen MR) is 110 cm³/mol. The van der Waals surface area contributed by atoms with Crippen LogP contribution in [0.1, 0.15) is 18.4 Å². The molecule has 2 heterocycles. The number of amides is 1. The van der Waals surface area contributed by atoms with Crippen LogP contribution in [-0.2, 0) is 16.0 Å². The monoisotopic (exact) mass is 417 g/mol. The van der Waals surface area contributed by atoms with E-state index in [9.17, 15) is 4.79 Å². The van der Waals surface area contributed by atoms with E-state index in [1.165, 1.54) is 0 Å². The number of rotatable bonds is 6. The van der Waals surface area contributed by atoms with Crippen molar-refractivity contribution in [3.8, 4) is 28.4 Å². The average molecular weight is 418 g/mol. The maximum atomic E-state index is 12.2. The molecule has 2 aromatic rings. The van der Waals surface area contributed by atoms with Crippen molar-refractivity contribution in [3.63, 3.8) is 0 Å². The molecule has 154 valence electrons. The zero-order valence-corrected chi connectivity index (χ0v) is 17.3. The maximum absolute atomic E-state index is 12.2. The Kier molecular flexibility index (Phi) is 5.83. The van der Waals surface area contributed by atoms with E-state index in [0.717, 1.165) is 41.0 Å². The van der Waals surface area contributed by atoms with Gasteiger partial charge in [0, 0.05) is 24.2 Å². The third-order valence-corrected chi connectivity index (χ3v) is 5.58. The number of benzene rings is 2. The Morgan fingerprint density at radius 2 is 2.10 bits per heavy atom. The number of carbonyl (C=O) groups is 1. The van der Waals surface area contributed by atoms with Crippen LogP contribution in [0.2, 0.25) is 5.02 Å². The van der Waals surface area contributed by atoms with E-state index in [-0.39, 0.29) is 18.1 Å². The highest BCUT2D eigenvalue weighted by atomic mass is 35.5. The van der Waals surface area contributed by atoms with Crippen LogP contribution in [-0.4, -0.2) is 45.5 Å². The first-order valence-corrected chi connectivity index (χ1v) is 10.1. The van der Waals surface area contributed by atoms with E-state index in [4.69, 9.17) is 30.5 Å². The molecule has 1 fully saturated rings. The Hall–Kier alpha value is -2.44. The molecule has 1 N–H and O–H groups in total. The summed E-state index contributed by atoms with van der Waals surface area (Å²) in [6.45, 7) is 1.07. The molecule has 29 heavy (non-hydrogen) atoms. The van der Waals surface area contributed by atoms with Crippen LogP contribution < -0.4 is 19.5 Å². The lowest BCUT2D eigenvalue weighted by atomic mass is 9.99. The Morgan fingerprint density at radius 3 is 2.83 bits per heavy atom. The van der Waals surface area contributed by atoms with Gasteiger partial charge < -0.3 is 24.3 Å². The zero-order chi connectivity index (χ0) is 20.4. The van der Waals surface area contributed by atoms with Crippen molar-refractivity contribution in [2.75, 3.05) is 27.4 Å². The lowest BCUT2D eigenvalue weighted by Gasteiger charge is -2.14. The summed E-state index contributed by atoms with van der Waals surface area (Å²) < 4.78 is 22.3. The summed E-state index contributed by atoms with van der Waals surface area (Å²) in [5.41, 5.74) is 2.83. The number of ether oxygens (including phenoxy) is 4. The van der Waals surface area contributed by atoms with Gasteiger partial charge in [0.25, 0.3) is 0 Å². The number of fused-ring (bicyclic) bond motifs is 1. The molecule has 0 spiro atoms. The van der Waals surface area contributed by atoms with Crippen LogP contribution in [0.3, 0.4) is 0 Å². The van der Waals surface area contributed by atoms with Crippen molar-refractivity contribution in [2.45, 2.75) is 31.5 Å². The second-order valence-corrected chi connectivity index (χ2v) is 7.61. The molecule has 0 bridgehead atoms. The topological polar surface area (TPSA) is 66.0 Å². The predicted octanol–water partition coefficient (Wildman–Crippen LogP) is 3.62. The van der Waals surface area contributed by atoms with E-state index in [1.807, 2.05) is 24.3 Å². The van der Waals surface area contributed by atoms with Crippen molar-refractivity contribution in [1.82, 2.24) is 5.32 Å². The van der Waals surface area contributed by atoms with Gasteiger partial charge in [0.15, 0.2) is 0 Å². The largest absolute Gasteiger partial charge is 0.497 e. The molecular weight excluding hydrogens is 394 g/mol. The lowest BCUT2D eigenvalue weighted by molar-refractivity contribution is -0.130. The highest BCUT2D eigenvalue weighted by Gasteiger charge is 2.29. The van der Waals surface area contributed by atoms with E-state index >= 15 is 0 Å². The third kappa shape index (κ3) is 4.14. The van der Waals surface area contributed by atoms with Gasteiger partial charge in [-0.3, -0.25) is 4.79 Å². The molecule has 4 rings (SSSR count). The quantitative estimate of drug-likeness (QED) is 0.777. The number of hydrogen-bond acceptors (Lipinski definition) is 5. The molecule has 2 aliphatic heterocycles.